The summed E-state index contributed by atoms with van der Waals surface area (Å²) in [6.07, 6.45) is -0.823. The third-order valence-electron chi connectivity index (χ3n) is 7.00. The first-order chi connectivity index (χ1) is 22.8. The van der Waals surface area contributed by atoms with Crippen LogP contribution in [0.5, 0.6) is 0 Å². The second-order valence-electron chi connectivity index (χ2n) is 11.8. The van der Waals surface area contributed by atoms with Crippen molar-refractivity contribution in [2.45, 2.75) is 32.3 Å². The molecule has 0 radical (unpaired) electrons. The van der Waals surface area contributed by atoms with Gasteiger partial charge in [0.1, 0.15) is 12.2 Å². The molecule has 0 heterocycles. The van der Waals surface area contributed by atoms with Crippen molar-refractivity contribution in [3.63, 3.8) is 0 Å². The van der Waals surface area contributed by atoms with Crippen molar-refractivity contribution in [2.24, 2.45) is 0 Å². The minimum Gasteiger partial charge on any atom is -0.449 e. The van der Waals surface area contributed by atoms with Crippen LogP contribution in [0.3, 0.4) is 0 Å². The smallest absolute Gasteiger partial charge is 0.410 e. The van der Waals surface area contributed by atoms with Crippen molar-refractivity contribution in [3.05, 3.63) is 59.7 Å². The lowest BCUT2D eigenvalue weighted by atomic mass is 9.98. The van der Waals surface area contributed by atoms with Crippen molar-refractivity contribution in [2.75, 3.05) is 106 Å². The molecule has 1 aliphatic carbocycles. The second-order valence-corrected chi connectivity index (χ2v) is 11.8. The maximum absolute atomic E-state index is 12.2. The van der Waals surface area contributed by atoms with Gasteiger partial charge in [-0.1, -0.05) is 48.5 Å². The van der Waals surface area contributed by atoms with E-state index in [2.05, 4.69) is 29.6 Å². The van der Waals surface area contributed by atoms with Crippen LogP contribution < -0.4 is 5.32 Å². The van der Waals surface area contributed by atoms with Gasteiger partial charge in [-0.15, -0.1) is 0 Å². The number of likely N-dealkylation sites (N-methyl/N-ethyl adjacent to an activating group) is 1. The fraction of sp³-hybridized carbons (Fsp3) is 0.600. The van der Waals surface area contributed by atoms with Crippen LogP contribution in [0.15, 0.2) is 48.5 Å². The number of amides is 2. The van der Waals surface area contributed by atoms with E-state index in [0.29, 0.717) is 92.4 Å². The largest absolute Gasteiger partial charge is 0.449 e. The monoisotopic (exact) mass is 660 g/mol. The molecule has 3 rings (SSSR count). The summed E-state index contributed by atoms with van der Waals surface area (Å²) in [6, 6.07) is 16.5. The molecule has 1 N–H and O–H groups in total. The molecule has 12 nitrogen and oxygen atoms in total. The molecule has 2 aromatic rings. The quantitative estimate of drug-likeness (QED) is 0.171. The van der Waals surface area contributed by atoms with Crippen LogP contribution in [0, 0.1) is 0 Å². The Balaban J connectivity index is 1.03. The topological polar surface area (TPSA) is 123 Å². The Kier molecular flexibility index (Phi) is 17.5. The number of rotatable bonds is 23. The van der Waals surface area contributed by atoms with Gasteiger partial charge in [0.2, 0.25) is 0 Å². The van der Waals surface area contributed by atoms with E-state index in [-0.39, 0.29) is 18.6 Å². The van der Waals surface area contributed by atoms with Gasteiger partial charge in [-0.25, -0.2) is 9.59 Å². The molecule has 2 aromatic carbocycles. The van der Waals surface area contributed by atoms with Crippen molar-refractivity contribution < 1.29 is 47.5 Å². The van der Waals surface area contributed by atoms with Gasteiger partial charge in [0, 0.05) is 26.1 Å². The Bertz CT molecular complexity index is 1140. The van der Waals surface area contributed by atoms with Crippen LogP contribution in [0.4, 0.5) is 9.59 Å². The molecule has 0 saturated heterocycles. The summed E-state index contributed by atoms with van der Waals surface area (Å²) in [5, 5.41) is 2.74. The number of hydrogen-bond donors (Lipinski definition) is 1. The molecule has 0 aromatic heterocycles. The van der Waals surface area contributed by atoms with Crippen LogP contribution in [0.1, 0.15) is 37.8 Å². The Morgan fingerprint density at radius 1 is 0.660 bits per heavy atom. The summed E-state index contributed by atoms with van der Waals surface area (Å²) in [6.45, 7) is 11.9. The molecule has 0 bridgehead atoms. The Labute approximate surface area is 278 Å². The number of alkyl carbamates (subject to hydrolysis) is 1. The fourth-order valence-corrected chi connectivity index (χ4v) is 4.71. The van der Waals surface area contributed by atoms with Crippen LogP contribution in [0.25, 0.3) is 11.1 Å². The lowest BCUT2D eigenvalue weighted by molar-refractivity contribution is -0.0177. The first-order valence-corrected chi connectivity index (χ1v) is 16.3. The van der Waals surface area contributed by atoms with E-state index in [9.17, 15) is 9.59 Å². The number of nitrogens with zero attached hydrogens (tertiary/aromatic N) is 1. The average molecular weight is 661 g/mol. The van der Waals surface area contributed by atoms with Gasteiger partial charge < -0.3 is 48.1 Å². The number of hydrogen-bond acceptors (Lipinski definition) is 10. The van der Waals surface area contributed by atoms with E-state index in [1.807, 2.05) is 45.0 Å². The van der Waals surface area contributed by atoms with Gasteiger partial charge in [0.25, 0.3) is 0 Å². The maximum Gasteiger partial charge on any atom is 0.410 e. The minimum absolute atomic E-state index is 0.0360. The van der Waals surface area contributed by atoms with Gasteiger partial charge in [-0.05, 0) is 43.0 Å². The standard InChI is InChI=1S/C35H52N2O10/c1-35(2,3)47-34(39)37(4)14-16-41-18-20-43-22-24-45-26-25-44-23-21-42-19-17-40-15-13-36-33(38)46-27-32-30-11-7-5-9-28(30)29-10-6-8-12-31(29)32/h5-12,32H,13-27H2,1-4H3,(H,36,38). The zero-order valence-corrected chi connectivity index (χ0v) is 28.3. The van der Waals surface area contributed by atoms with E-state index in [1.165, 1.54) is 27.2 Å². The summed E-state index contributed by atoms with van der Waals surface area (Å²) in [4.78, 5) is 25.6. The summed E-state index contributed by atoms with van der Waals surface area (Å²) < 4.78 is 43.7. The fourth-order valence-electron chi connectivity index (χ4n) is 4.71. The predicted molar refractivity (Wildman–Crippen MR) is 177 cm³/mol. The van der Waals surface area contributed by atoms with Crippen molar-refractivity contribution in [3.8, 4) is 11.1 Å². The SMILES string of the molecule is CN(CCOCCOCCOCCOCCOCCOCCNC(=O)OCC1c2ccccc2-c2ccccc21)C(=O)OC(C)(C)C. The highest BCUT2D eigenvalue weighted by Crippen LogP contribution is 2.44. The van der Waals surface area contributed by atoms with Gasteiger partial charge in [-0.2, -0.15) is 0 Å². The van der Waals surface area contributed by atoms with E-state index in [4.69, 9.17) is 37.9 Å². The number of carbonyl (C=O) groups excluding carboxylic acids is 2. The molecule has 0 spiro atoms. The zero-order chi connectivity index (χ0) is 33.7. The number of carbonyl (C=O) groups is 2. The molecule has 262 valence electrons. The van der Waals surface area contributed by atoms with Crippen molar-refractivity contribution in [1.82, 2.24) is 10.2 Å². The molecule has 0 atom stereocenters. The van der Waals surface area contributed by atoms with E-state index < -0.39 is 11.7 Å². The summed E-state index contributed by atoms with van der Waals surface area (Å²) in [5.74, 6) is 0.0360. The lowest BCUT2D eigenvalue weighted by Gasteiger charge is -2.24. The van der Waals surface area contributed by atoms with Crippen LogP contribution in [-0.2, 0) is 37.9 Å². The van der Waals surface area contributed by atoms with Gasteiger partial charge in [0.15, 0.2) is 0 Å². The number of fused-ring (bicyclic) bond motifs is 3. The lowest BCUT2D eigenvalue weighted by Crippen LogP contribution is -2.36. The van der Waals surface area contributed by atoms with Gasteiger partial charge in [-0.3, -0.25) is 0 Å². The number of benzene rings is 2. The zero-order valence-electron chi connectivity index (χ0n) is 28.3. The van der Waals surface area contributed by atoms with Crippen LogP contribution in [0.2, 0.25) is 0 Å². The highest BCUT2D eigenvalue weighted by Gasteiger charge is 2.29. The van der Waals surface area contributed by atoms with E-state index >= 15 is 0 Å². The molecule has 47 heavy (non-hydrogen) atoms. The maximum atomic E-state index is 12.2. The third kappa shape index (κ3) is 15.0. The average Bonchev–Trinajstić information content (AvgIpc) is 3.37. The van der Waals surface area contributed by atoms with Gasteiger partial charge in [0.05, 0.1) is 79.3 Å². The molecule has 12 heteroatoms. The summed E-state index contributed by atoms with van der Waals surface area (Å²) in [5.41, 5.74) is 4.25. The van der Waals surface area contributed by atoms with Crippen molar-refractivity contribution in [1.29, 1.82) is 0 Å². The van der Waals surface area contributed by atoms with Crippen LogP contribution >= 0.6 is 0 Å². The summed E-state index contributed by atoms with van der Waals surface area (Å²) in [7, 11) is 1.68. The number of ether oxygens (including phenoxy) is 8. The summed E-state index contributed by atoms with van der Waals surface area (Å²) >= 11 is 0. The third-order valence-corrected chi connectivity index (χ3v) is 7.00. The molecular weight excluding hydrogens is 608 g/mol. The highest BCUT2D eigenvalue weighted by atomic mass is 16.6. The second kappa shape index (κ2) is 21.6. The van der Waals surface area contributed by atoms with E-state index in [0.717, 1.165) is 0 Å². The molecule has 0 unspecified atom stereocenters. The van der Waals surface area contributed by atoms with E-state index in [1.54, 1.807) is 7.05 Å². The molecular formula is C35H52N2O10. The van der Waals surface area contributed by atoms with Crippen LogP contribution in [-0.4, -0.2) is 129 Å². The normalized spacial score (nSPS) is 12.4. The minimum atomic E-state index is -0.514. The molecule has 0 aliphatic heterocycles. The van der Waals surface area contributed by atoms with Crippen molar-refractivity contribution >= 4 is 12.2 Å². The Morgan fingerprint density at radius 2 is 1.09 bits per heavy atom. The molecule has 0 fully saturated rings. The molecule has 1 aliphatic rings. The predicted octanol–water partition coefficient (Wildman–Crippen LogP) is 4.49. The molecule has 0 saturated carbocycles. The first kappa shape index (κ1) is 38.2. The number of nitrogens with one attached hydrogen (secondary N) is 1. The Morgan fingerprint density at radius 3 is 1.55 bits per heavy atom. The van der Waals surface area contributed by atoms with Gasteiger partial charge >= 0.3 is 12.2 Å². The Hall–Kier alpha value is -3.26. The first-order valence-electron chi connectivity index (χ1n) is 16.3. The molecule has 2 amide bonds. The highest BCUT2D eigenvalue weighted by molar-refractivity contribution is 5.79.